The lowest BCUT2D eigenvalue weighted by atomic mass is 10.1. The maximum absolute atomic E-state index is 4.65. The maximum Gasteiger partial charge on any atom is 0.191 e. The number of hydrogen-bond acceptors (Lipinski definition) is 2. The molecule has 0 radical (unpaired) electrons. The molecule has 5 heteroatoms. The fourth-order valence-electron chi connectivity index (χ4n) is 1.04. The first-order valence-electron chi connectivity index (χ1n) is 6.42. The van der Waals surface area contributed by atoms with Gasteiger partial charge in [-0.2, -0.15) is 11.8 Å². The minimum Gasteiger partial charge on any atom is -0.357 e. The van der Waals surface area contributed by atoms with Crippen molar-refractivity contribution in [1.29, 1.82) is 0 Å². The minimum absolute atomic E-state index is 0. The van der Waals surface area contributed by atoms with E-state index in [0.29, 0.717) is 12.0 Å². The Labute approximate surface area is 134 Å². The third kappa shape index (κ3) is 9.30. The summed E-state index contributed by atoms with van der Waals surface area (Å²) in [5, 5.41) is 6.74. The molecule has 1 atom stereocenters. The van der Waals surface area contributed by atoms with Crippen molar-refractivity contribution in [3.63, 3.8) is 0 Å². The van der Waals surface area contributed by atoms with Crippen molar-refractivity contribution in [1.82, 2.24) is 10.6 Å². The second-order valence-corrected chi connectivity index (χ2v) is 6.85. The number of guanidine groups is 1. The molecule has 18 heavy (non-hydrogen) atoms. The molecule has 0 saturated heterocycles. The first-order valence-corrected chi connectivity index (χ1v) is 7.65. The molecule has 0 aromatic carbocycles. The van der Waals surface area contributed by atoms with Crippen molar-refractivity contribution >= 4 is 41.7 Å². The highest BCUT2D eigenvalue weighted by molar-refractivity contribution is 14.0. The molecular formula is C13H30IN3S. The van der Waals surface area contributed by atoms with Gasteiger partial charge < -0.3 is 10.6 Å². The van der Waals surface area contributed by atoms with Crippen LogP contribution < -0.4 is 10.6 Å². The van der Waals surface area contributed by atoms with Crippen LogP contribution in [0.2, 0.25) is 0 Å². The molecule has 0 saturated carbocycles. The molecule has 0 spiro atoms. The lowest BCUT2D eigenvalue weighted by Crippen LogP contribution is -2.44. The molecule has 0 fully saturated rings. The molecule has 0 aliphatic heterocycles. The average Bonchev–Trinajstić information content (AvgIpc) is 2.26. The van der Waals surface area contributed by atoms with Gasteiger partial charge in [-0.1, -0.05) is 13.8 Å². The summed E-state index contributed by atoms with van der Waals surface area (Å²) >= 11 is 1.85. The number of nitrogens with zero attached hydrogens (tertiary/aromatic N) is 1. The molecule has 0 heterocycles. The van der Waals surface area contributed by atoms with Crippen molar-refractivity contribution < 1.29 is 0 Å². The summed E-state index contributed by atoms with van der Waals surface area (Å²) in [5.41, 5.74) is 0. The highest BCUT2D eigenvalue weighted by atomic mass is 127. The molecule has 0 bridgehead atoms. The summed E-state index contributed by atoms with van der Waals surface area (Å²) in [7, 11) is 0. The summed E-state index contributed by atoms with van der Waals surface area (Å²) in [6, 6.07) is 0.435. The molecule has 3 nitrogen and oxygen atoms in total. The van der Waals surface area contributed by atoms with Gasteiger partial charge in [0.25, 0.3) is 0 Å². The molecular weight excluding hydrogens is 357 g/mol. The summed E-state index contributed by atoms with van der Waals surface area (Å²) in [6.07, 6.45) is 2.13. The van der Waals surface area contributed by atoms with Gasteiger partial charge in [-0.3, -0.25) is 4.99 Å². The van der Waals surface area contributed by atoms with Crippen LogP contribution in [0.4, 0.5) is 0 Å². The molecule has 0 aromatic rings. The Hall–Kier alpha value is 0.350. The van der Waals surface area contributed by atoms with Crippen LogP contribution in [0.5, 0.6) is 0 Å². The highest BCUT2D eigenvalue weighted by Gasteiger charge is 2.16. The van der Waals surface area contributed by atoms with Gasteiger partial charge in [0.1, 0.15) is 0 Å². The van der Waals surface area contributed by atoms with Crippen LogP contribution in [-0.4, -0.2) is 36.1 Å². The molecule has 0 aliphatic rings. The van der Waals surface area contributed by atoms with E-state index in [-0.39, 0.29) is 28.7 Å². The first kappa shape index (κ1) is 20.7. The Morgan fingerprint density at radius 2 is 1.83 bits per heavy atom. The number of rotatable bonds is 6. The number of thioether (sulfide) groups is 1. The number of halogens is 1. The standard InChI is InChI=1S/C13H29N3S.HI/c1-8-14-12(16-11(4)10(2)3)15-9-13(5,6)17-7;/h10-11H,8-9H2,1-7H3,(H2,14,15,16);1H. The van der Waals surface area contributed by atoms with E-state index in [9.17, 15) is 0 Å². The number of nitrogens with one attached hydrogen (secondary N) is 2. The molecule has 1 unspecified atom stereocenters. The van der Waals surface area contributed by atoms with E-state index in [4.69, 9.17) is 0 Å². The van der Waals surface area contributed by atoms with E-state index >= 15 is 0 Å². The van der Waals surface area contributed by atoms with Gasteiger partial charge in [0.2, 0.25) is 0 Å². The predicted octanol–water partition coefficient (Wildman–Crippen LogP) is 3.35. The van der Waals surface area contributed by atoms with Gasteiger partial charge in [-0.25, -0.2) is 0 Å². The smallest absolute Gasteiger partial charge is 0.191 e. The molecule has 0 amide bonds. The Bertz CT molecular complexity index is 242. The summed E-state index contributed by atoms with van der Waals surface area (Å²) in [4.78, 5) is 4.65. The Morgan fingerprint density at radius 3 is 2.22 bits per heavy atom. The fraction of sp³-hybridized carbons (Fsp3) is 0.923. The zero-order valence-corrected chi connectivity index (χ0v) is 16.0. The van der Waals surface area contributed by atoms with Crippen LogP contribution in [0, 0.1) is 5.92 Å². The topological polar surface area (TPSA) is 36.4 Å². The quantitative estimate of drug-likeness (QED) is 0.417. The summed E-state index contributed by atoms with van der Waals surface area (Å²) in [5.74, 6) is 1.53. The SMILES string of the molecule is CCNC(=NCC(C)(C)SC)NC(C)C(C)C.I. The van der Waals surface area contributed by atoms with E-state index in [1.807, 2.05) is 11.8 Å². The average molecular weight is 387 g/mol. The van der Waals surface area contributed by atoms with Crippen molar-refractivity contribution in [3.05, 3.63) is 0 Å². The maximum atomic E-state index is 4.65. The van der Waals surface area contributed by atoms with Gasteiger partial charge in [0, 0.05) is 17.3 Å². The monoisotopic (exact) mass is 387 g/mol. The zero-order chi connectivity index (χ0) is 13.5. The second-order valence-electron chi connectivity index (χ2n) is 5.34. The molecule has 2 N–H and O–H groups in total. The third-order valence-corrected chi connectivity index (χ3v) is 4.11. The van der Waals surface area contributed by atoms with Crippen molar-refractivity contribution in [3.8, 4) is 0 Å². The van der Waals surface area contributed by atoms with E-state index < -0.39 is 0 Å². The zero-order valence-electron chi connectivity index (χ0n) is 12.8. The lowest BCUT2D eigenvalue weighted by molar-refractivity contribution is 0.480. The Balaban J connectivity index is 0. The lowest BCUT2D eigenvalue weighted by Gasteiger charge is -2.23. The predicted molar refractivity (Wildman–Crippen MR) is 96.4 cm³/mol. The molecule has 0 rings (SSSR count). The van der Waals surface area contributed by atoms with Gasteiger partial charge in [0.05, 0.1) is 6.54 Å². The minimum atomic E-state index is 0. The molecule has 0 aromatic heterocycles. The van der Waals surface area contributed by atoms with Crippen LogP contribution in [0.1, 0.15) is 41.5 Å². The van der Waals surface area contributed by atoms with Crippen LogP contribution in [-0.2, 0) is 0 Å². The summed E-state index contributed by atoms with van der Waals surface area (Å²) < 4.78 is 0.198. The molecule has 110 valence electrons. The van der Waals surface area contributed by atoms with Gasteiger partial charge in [-0.05, 0) is 39.9 Å². The fourth-order valence-corrected chi connectivity index (χ4v) is 1.23. The summed E-state index contributed by atoms with van der Waals surface area (Å²) in [6.45, 7) is 14.9. The van der Waals surface area contributed by atoms with Crippen LogP contribution >= 0.6 is 35.7 Å². The largest absolute Gasteiger partial charge is 0.357 e. The van der Waals surface area contributed by atoms with Crippen molar-refractivity contribution in [2.45, 2.75) is 52.3 Å². The third-order valence-electron chi connectivity index (χ3n) is 2.88. The highest BCUT2D eigenvalue weighted by Crippen LogP contribution is 2.20. The van der Waals surface area contributed by atoms with Gasteiger partial charge in [0.15, 0.2) is 5.96 Å². The van der Waals surface area contributed by atoms with E-state index in [2.05, 4.69) is 63.4 Å². The van der Waals surface area contributed by atoms with E-state index in [1.165, 1.54) is 0 Å². The first-order chi connectivity index (χ1) is 7.82. The number of hydrogen-bond donors (Lipinski definition) is 2. The van der Waals surface area contributed by atoms with Gasteiger partial charge >= 0.3 is 0 Å². The van der Waals surface area contributed by atoms with Crippen LogP contribution in [0.15, 0.2) is 4.99 Å². The molecule has 0 aliphatic carbocycles. The second kappa shape index (κ2) is 10.2. The van der Waals surface area contributed by atoms with Crippen molar-refractivity contribution in [2.75, 3.05) is 19.3 Å². The Morgan fingerprint density at radius 1 is 1.28 bits per heavy atom. The number of aliphatic imine (C=N–C) groups is 1. The normalized spacial score (nSPS) is 14.1. The van der Waals surface area contributed by atoms with Crippen molar-refractivity contribution in [2.24, 2.45) is 10.9 Å². The van der Waals surface area contributed by atoms with E-state index in [0.717, 1.165) is 19.0 Å². The van der Waals surface area contributed by atoms with Gasteiger partial charge in [-0.15, -0.1) is 24.0 Å². The Kier molecular flexibility index (Phi) is 11.7. The van der Waals surface area contributed by atoms with Crippen LogP contribution in [0.3, 0.4) is 0 Å². The van der Waals surface area contributed by atoms with E-state index in [1.54, 1.807) is 0 Å². The van der Waals surface area contributed by atoms with Crippen LogP contribution in [0.25, 0.3) is 0 Å².